The minimum Gasteiger partial charge on any atom is -0.467 e. The Hall–Kier alpha value is -1.55. The van der Waals surface area contributed by atoms with Crippen LogP contribution in [0.5, 0.6) is 0 Å². The van der Waals surface area contributed by atoms with Crippen molar-refractivity contribution in [3.63, 3.8) is 0 Å². The van der Waals surface area contributed by atoms with Gasteiger partial charge < -0.3 is 10.1 Å². The van der Waals surface area contributed by atoms with Gasteiger partial charge in [0.05, 0.1) is 13.5 Å². The van der Waals surface area contributed by atoms with Crippen molar-refractivity contribution in [2.24, 2.45) is 5.92 Å². The summed E-state index contributed by atoms with van der Waals surface area (Å²) in [7, 11) is 1.31. The minimum absolute atomic E-state index is 0.0418. The molecule has 1 N–H and O–H groups in total. The van der Waals surface area contributed by atoms with Crippen molar-refractivity contribution in [3.05, 3.63) is 34.3 Å². The maximum atomic E-state index is 12.0. The van der Waals surface area contributed by atoms with Crippen molar-refractivity contribution in [1.29, 1.82) is 0 Å². The lowest BCUT2D eigenvalue weighted by atomic mass is 10.0. The van der Waals surface area contributed by atoms with E-state index in [0.717, 1.165) is 11.1 Å². The molecule has 0 bridgehead atoms. The topological polar surface area (TPSA) is 55.4 Å². The van der Waals surface area contributed by atoms with Crippen LogP contribution in [0.1, 0.15) is 25.0 Å². The van der Waals surface area contributed by atoms with Gasteiger partial charge in [0.25, 0.3) is 0 Å². The summed E-state index contributed by atoms with van der Waals surface area (Å²) in [5, 5.41) is 3.24. The lowest BCUT2D eigenvalue weighted by Gasteiger charge is -2.20. The number of ether oxygens (including phenoxy) is 1. The van der Waals surface area contributed by atoms with E-state index in [1.165, 1.54) is 7.11 Å². The molecule has 0 saturated carbocycles. The number of nitrogens with one attached hydrogen (secondary N) is 1. The maximum absolute atomic E-state index is 12.0. The SMILES string of the molecule is COC(=O)[C@@H](NC(=O)Cc1ccc(C)cc1Cl)C(C)C. The molecule has 0 spiro atoms. The predicted molar refractivity (Wildman–Crippen MR) is 78.7 cm³/mol. The van der Waals surface area contributed by atoms with Crippen LogP contribution in [0.2, 0.25) is 5.02 Å². The Morgan fingerprint density at radius 1 is 1.35 bits per heavy atom. The molecule has 0 aromatic heterocycles. The van der Waals surface area contributed by atoms with Crippen molar-refractivity contribution in [2.45, 2.75) is 33.2 Å². The van der Waals surface area contributed by atoms with Gasteiger partial charge in [0.15, 0.2) is 0 Å². The van der Waals surface area contributed by atoms with Gasteiger partial charge in [-0.05, 0) is 30.0 Å². The lowest BCUT2D eigenvalue weighted by molar-refractivity contribution is -0.146. The smallest absolute Gasteiger partial charge is 0.328 e. The number of hydrogen-bond donors (Lipinski definition) is 1. The number of benzene rings is 1. The molecule has 0 saturated heterocycles. The van der Waals surface area contributed by atoms with E-state index in [0.29, 0.717) is 5.02 Å². The number of aryl methyl sites for hydroxylation is 1. The van der Waals surface area contributed by atoms with Gasteiger partial charge in [-0.2, -0.15) is 0 Å². The van der Waals surface area contributed by atoms with Gasteiger partial charge >= 0.3 is 5.97 Å². The summed E-state index contributed by atoms with van der Waals surface area (Å²) >= 11 is 6.09. The molecule has 20 heavy (non-hydrogen) atoms. The molecule has 1 aromatic rings. The quantitative estimate of drug-likeness (QED) is 0.850. The third-order valence-electron chi connectivity index (χ3n) is 3.00. The van der Waals surface area contributed by atoms with Crippen molar-refractivity contribution in [2.75, 3.05) is 7.11 Å². The molecule has 1 atom stereocenters. The van der Waals surface area contributed by atoms with Crippen molar-refractivity contribution in [3.8, 4) is 0 Å². The number of rotatable bonds is 5. The van der Waals surface area contributed by atoms with E-state index in [9.17, 15) is 9.59 Å². The summed E-state index contributed by atoms with van der Waals surface area (Å²) in [6, 6.07) is 4.88. The van der Waals surface area contributed by atoms with E-state index in [2.05, 4.69) is 10.1 Å². The Morgan fingerprint density at radius 2 is 2.00 bits per heavy atom. The van der Waals surface area contributed by atoms with Crippen LogP contribution in [0.3, 0.4) is 0 Å². The van der Waals surface area contributed by atoms with E-state index >= 15 is 0 Å². The summed E-state index contributed by atoms with van der Waals surface area (Å²) in [6.45, 7) is 5.63. The van der Waals surface area contributed by atoms with Crippen LogP contribution in [0.25, 0.3) is 0 Å². The van der Waals surface area contributed by atoms with Crippen LogP contribution < -0.4 is 5.32 Å². The second-order valence-corrected chi connectivity index (χ2v) is 5.49. The van der Waals surface area contributed by atoms with Crippen molar-refractivity contribution >= 4 is 23.5 Å². The molecule has 110 valence electrons. The number of carbonyl (C=O) groups is 2. The monoisotopic (exact) mass is 297 g/mol. The first kappa shape index (κ1) is 16.5. The van der Waals surface area contributed by atoms with Crippen LogP contribution in [-0.4, -0.2) is 25.0 Å². The van der Waals surface area contributed by atoms with Crippen LogP contribution in [0.4, 0.5) is 0 Å². The highest BCUT2D eigenvalue weighted by molar-refractivity contribution is 6.31. The van der Waals surface area contributed by atoms with E-state index in [-0.39, 0.29) is 18.2 Å². The molecule has 4 nitrogen and oxygen atoms in total. The third kappa shape index (κ3) is 4.53. The van der Waals surface area contributed by atoms with Crippen LogP contribution in [-0.2, 0) is 20.7 Å². The number of hydrogen-bond acceptors (Lipinski definition) is 3. The molecule has 0 heterocycles. The first-order valence-corrected chi connectivity index (χ1v) is 6.85. The Labute approximate surface area is 124 Å². The number of methoxy groups -OCH3 is 1. The minimum atomic E-state index is -0.642. The Kier molecular flexibility index (Phi) is 6.02. The number of esters is 1. The normalized spacial score (nSPS) is 12.1. The Morgan fingerprint density at radius 3 is 2.50 bits per heavy atom. The van der Waals surface area contributed by atoms with Gasteiger partial charge in [-0.15, -0.1) is 0 Å². The number of halogens is 1. The fourth-order valence-corrected chi connectivity index (χ4v) is 2.12. The molecule has 0 aliphatic carbocycles. The lowest BCUT2D eigenvalue weighted by Crippen LogP contribution is -2.45. The van der Waals surface area contributed by atoms with Crippen LogP contribution in [0.15, 0.2) is 18.2 Å². The second-order valence-electron chi connectivity index (χ2n) is 5.08. The average molecular weight is 298 g/mol. The summed E-state index contributed by atoms with van der Waals surface area (Å²) < 4.78 is 4.68. The Balaban J connectivity index is 2.73. The molecule has 1 amide bonds. The first-order chi connectivity index (χ1) is 9.35. The zero-order valence-corrected chi connectivity index (χ0v) is 13.0. The highest BCUT2D eigenvalue weighted by Gasteiger charge is 2.24. The van der Waals surface area contributed by atoms with E-state index < -0.39 is 12.0 Å². The zero-order valence-electron chi connectivity index (χ0n) is 12.2. The highest BCUT2D eigenvalue weighted by Crippen LogP contribution is 2.18. The van der Waals surface area contributed by atoms with Crippen molar-refractivity contribution < 1.29 is 14.3 Å². The molecular weight excluding hydrogens is 278 g/mol. The van der Waals surface area contributed by atoms with Gasteiger partial charge in [0, 0.05) is 5.02 Å². The predicted octanol–water partition coefficient (Wildman–Crippen LogP) is 2.50. The van der Waals surface area contributed by atoms with Gasteiger partial charge in [0.2, 0.25) is 5.91 Å². The molecular formula is C15H20ClNO3. The summed E-state index contributed by atoms with van der Waals surface area (Å²) in [5.41, 5.74) is 1.77. The largest absolute Gasteiger partial charge is 0.467 e. The average Bonchev–Trinajstić information content (AvgIpc) is 2.38. The molecule has 0 unspecified atom stereocenters. The summed E-state index contributed by atoms with van der Waals surface area (Å²) in [4.78, 5) is 23.6. The second kappa shape index (κ2) is 7.29. The van der Waals surface area contributed by atoms with E-state index in [1.54, 1.807) is 0 Å². The number of amides is 1. The van der Waals surface area contributed by atoms with Crippen molar-refractivity contribution in [1.82, 2.24) is 5.32 Å². The van der Waals surface area contributed by atoms with Crippen LogP contribution in [0, 0.1) is 12.8 Å². The highest BCUT2D eigenvalue weighted by atomic mass is 35.5. The van der Waals surface area contributed by atoms with Gasteiger partial charge in [-0.1, -0.05) is 37.6 Å². The zero-order chi connectivity index (χ0) is 15.3. The molecule has 0 radical (unpaired) electrons. The van der Waals surface area contributed by atoms with Gasteiger partial charge in [0.1, 0.15) is 6.04 Å². The fourth-order valence-electron chi connectivity index (χ4n) is 1.82. The van der Waals surface area contributed by atoms with Crippen LogP contribution >= 0.6 is 11.6 Å². The molecule has 1 rings (SSSR count). The Bertz CT molecular complexity index is 500. The standard InChI is InChI=1S/C15H20ClNO3/c1-9(2)14(15(19)20-4)17-13(18)8-11-6-5-10(3)7-12(11)16/h5-7,9,14H,8H2,1-4H3,(H,17,18)/t14-/m0/s1. The van der Waals surface area contributed by atoms with Gasteiger partial charge in [-0.3, -0.25) is 4.79 Å². The fraction of sp³-hybridized carbons (Fsp3) is 0.467. The maximum Gasteiger partial charge on any atom is 0.328 e. The molecule has 0 fully saturated rings. The third-order valence-corrected chi connectivity index (χ3v) is 3.35. The molecule has 1 aromatic carbocycles. The molecule has 0 aliphatic rings. The van der Waals surface area contributed by atoms with Gasteiger partial charge in [-0.25, -0.2) is 4.79 Å². The van der Waals surface area contributed by atoms with E-state index in [4.69, 9.17) is 11.6 Å². The van der Waals surface area contributed by atoms with E-state index in [1.807, 2.05) is 39.0 Å². The molecule has 5 heteroatoms. The first-order valence-electron chi connectivity index (χ1n) is 6.47. The molecule has 0 aliphatic heterocycles. The summed E-state index contributed by atoms with van der Waals surface area (Å²) in [6.07, 6.45) is 0.138. The number of carbonyl (C=O) groups excluding carboxylic acids is 2. The summed E-state index contributed by atoms with van der Waals surface area (Å²) in [5.74, 6) is -0.733.